The van der Waals surface area contributed by atoms with E-state index in [0.29, 0.717) is 0 Å². The molecule has 0 amide bonds. The smallest absolute Gasteiger partial charge is 0.0781 e. The molecule has 0 bridgehead atoms. The van der Waals surface area contributed by atoms with E-state index in [0.717, 1.165) is 62.8 Å². The molecule has 11 aromatic rings. The maximum absolute atomic E-state index is 4.72. The number of hydrogen-bond donors (Lipinski definition) is 0. The minimum Gasteiger partial charge on any atom is -0.308 e. The van der Waals surface area contributed by atoms with Gasteiger partial charge in [0.2, 0.25) is 0 Å². The van der Waals surface area contributed by atoms with Crippen molar-refractivity contribution in [2.45, 2.75) is 11.8 Å². The summed E-state index contributed by atoms with van der Waals surface area (Å²) in [4.78, 5) is 4.97. The molecule has 1 atom stereocenters. The second-order valence-electron chi connectivity index (χ2n) is 19.2. The van der Waals surface area contributed by atoms with Crippen LogP contribution in [0.5, 0.6) is 0 Å². The summed E-state index contributed by atoms with van der Waals surface area (Å²) in [6, 6.07) is 89.9. The third kappa shape index (κ3) is 6.22. The van der Waals surface area contributed by atoms with Gasteiger partial charge in [0.15, 0.2) is 0 Å². The minimum absolute atomic E-state index is 0.578. The number of rotatable bonds is 4. The van der Waals surface area contributed by atoms with E-state index in [1.165, 1.54) is 71.6 Å². The van der Waals surface area contributed by atoms with Gasteiger partial charge in [-0.3, -0.25) is 0 Å². The summed E-state index contributed by atoms with van der Waals surface area (Å²) in [6.45, 7) is 4.72. The van der Waals surface area contributed by atoms with Crippen molar-refractivity contribution < 1.29 is 0 Å². The van der Waals surface area contributed by atoms with Crippen LogP contribution in [0.15, 0.2) is 274 Å². The Morgan fingerprint density at radius 3 is 1.72 bits per heavy atom. The first-order chi connectivity index (χ1) is 35.7. The summed E-state index contributed by atoms with van der Waals surface area (Å²) in [5.41, 5.74) is 21.7. The molecule has 338 valence electrons. The molecule has 0 radical (unpaired) electrons. The zero-order valence-electron chi connectivity index (χ0n) is 39.7. The Labute approximate surface area is 421 Å². The number of anilines is 6. The van der Waals surface area contributed by atoms with Crippen molar-refractivity contribution in [3.8, 4) is 44.5 Å². The van der Waals surface area contributed by atoms with Gasteiger partial charge in [-0.1, -0.05) is 225 Å². The molecule has 3 aliphatic rings. The molecular weight excluding hydrogens is 869 g/mol. The minimum atomic E-state index is -0.578. The Bertz CT molecular complexity index is 4050. The number of fused-ring (bicyclic) bond motifs is 19. The molecule has 0 fully saturated rings. The highest BCUT2D eigenvalue weighted by Crippen LogP contribution is 2.62. The van der Waals surface area contributed by atoms with E-state index in [1.54, 1.807) is 0 Å². The molecule has 2 aliphatic carbocycles. The highest BCUT2D eigenvalue weighted by molar-refractivity contribution is 6.19. The SMILES string of the molecule is C=C1/C=C\C=C/CC2(c3ccc(N(c4ccccc4)c4cccc5c4N(c4ccccc4)c4ccccc4-c4ccccc4-5)cc3-c3ccccc31)c1ccccc1-c1c2c2ccccc2c2ccccc12. The summed E-state index contributed by atoms with van der Waals surface area (Å²) in [5, 5.41) is 5.12. The number of allylic oxidation sites excluding steroid dienone is 5. The van der Waals surface area contributed by atoms with Gasteiger partial charge in [0, 0.05) is 28.2 Å². The highest BCUT2D eigenvalue weighted by atomic mass is 15.2. The number of hydrogen-bond acceptors (Lipinski definition) is 2. The van der Waals surface area contributed by atoms with E-state index in [1.807, 2.05) is 0 Å². The van der Waals surface area contributed by atoms with Gasteiger partial charge in [-0.05, 0) is 138 Å². The molecule has 0 aromatic heterocycles. The fourth-order valence-electron chi connectivity index (χ4n) is 12.5. The van der Waals surface area contributed by atoms with Crippen molar-refractivity contribution in [3.63, 3.8) is 0 Å². The topological polar surface area (TPSA) is 6.48 Å². The number of para-hydroxylation sites is 4. The van der Waals surface area contributed by atoms with Gasteiger partial charge in [0.1, 0.15) is 0 Å². The van der Waals surface area contributed by atoms with Crippen molar-refractivity contribution in [2.75, 3.05) is 9.80 Å². The maximum atomic E-state index is 4.72. The van der Waals surface area contributed by atoms with Crippen molar-refractivity contribution in [1.29, 1.82) is 0 Å². The van der Waals surface area contributed by atoms with Crippen molar-refractivity contribution in [3.05, 3.63) is 296 Å². The van der Waals surface area contributed by atoms with E-state index in [-0.39, 0.29) is 0 Å². The predicted octanol–water partition coefficient (Wildman–Crippen LogP) is 19.1. The third-order valence-corrected chi connectivity index (χ3v) is 15.4. The van der Waals surface area contributed by atoms with Gasteiger partial charge in [-0.2, -0.15) is 0 Å². The lowest BCUT2D eigenvalue weighted by Gasteiger charge is -2.37. The van der Waals surface area contributed by atoms with Crippen LogP contribution in [0.3, 0.4) is 0 Å². The Balaban J connectivity index is 1.11. The summed E-state index contributed by atoms with van der Waals surface area (Å²) in [6.07, 6.45) is 9.70. The van der Waals surface area contributed by atoms with Crippen molar-refractivity contribution >= 4 is 61.2 Å². The molecule has 2 nitrogen and oxygen atoms in total. The van der Waals surface area contributed by atoms with E-state index >= 15 is 0 Å². The number of benzene rings is 11. The van der Waals surface area contributed by atoms with E-state index in [2.05, 4.69) is 277 Å². The molecule has 72 heavy (non-hydrogen) atoms. The fourth-order valence-corrected chi connectivity index (χ4v) is 12.5. The van der Waals surface area contributed by atoms with Gasteiger partial charge >= 0.3 is 0 Å². The van der Waals surface area contributed by atoms with Gasteiger partial charge in [0.25, 0.3) is 0 Å². The standard InChI is InChI=1S/C70H48N2/c1-47-24-5-4-22-45-70(63-40-20-18-38-61(63)67-58-36-16-14-32-54(58)55-33-15-17-37-59(55)68(67)70)64-44-43-50(46-62(64)52-30-11-10-29-51(47)52)71(48-25-6-2-7-26-48)66-42-23-39-60-56-34-13-12-31-53(56)57-35-19-21-41-65(57)72(69(60)66)49-27-8-3-9-28-49/h2-44,46H,1,45H2/b22-4-,24-5-. The summed E-state index contributed by atoms with van der Waals surface area (Å²) < 4.78 is 0. The van der Waals surface area contributed by atoms with Crippen LogP contribution in [0.2, 0.25) is 0 Å². The van der Waals surface area contributed by atoms with Crippen LogP contribution in [0, 0.1) is 0 Å². The predicted molar refractivity (Wildman–Crippen MR) is 304 cm³/mol. The molecule has 11 aromatic carbocycles. The van der Waals surface area contributed by atoms with Crippen LogP contribution in [-0.4, -0.2) is 0 Å². The summed E-state index contributed by atoms with van der Waals surface area (Å²) in [7, 11) is 0. The molecule has 0 saturated carbocycles. The molecule has 2 heteroatoms. The quantitative estimate of drug-likeness (QED) is 0.162. The van der Waals surface area contributed by atoms with Gasteiger partial charge in [-0.15, -0.1) is 0 Å². The van der Waals surface area contributed by atoms with Crippen molar-refractivity contribution in [1.82, 2.24) is 0 Å². The fraction of sp³-hybridized carbons (Fsp3) is 0.0286. The van der Waals surface area contributed by atoms with Crippen LogP contribution in [-0.2, 0) is 5.41 Å². The Hall–Kier alpha value is -9.24. The monoisotopic (exact) mass is 916 g/mol. The Kier molecular flexibility index (Phi) is 9.69. The second kappa shape index (κ2) is 16.7. The average Bonchev–Trinajstić information content (AvgIpc) is 3.66. The maximum Gasteiger partial charge on any atom is 0.0781 e. The van der Waals surface area contributed by atoms with Crippen LogP contribution in [0.1, 0.15) is 28.7 Å². The van der Waals surface area contributed by atoms with Crippen molar-refractivity contribution in [2.24, 2.45) is 0 Å². The molecule has 1 aliphatic heterocycles. The van der Waals surface area contributed by atoms with Crippen LogP contribution in [0.4, 0.5) is 34.1 Å². The van der Waals surface area contributed by atoms with Gasteiger partial charge < -0.3 is 9.80 Å². The lowest BCUT2D eigenvalue weighted by Crippen LogP contribution is -2.28. The first kappa shape index (κ1) is 41.7. The molecule has 0 saturated heterocycles. The average molecular weight is 917 g/mol. The van der Waals surface area contributed by atoms with Crippen LogP contribution in [0.25, 0.3) is 71.6 Å². The molecule has 1 heterocycles. The first-order valence-corrected chi connectivity index (χ1v) is 25.0. The molecule has 1 spiro atoms. The van der Waals surface area contributed by atoms with Gasteiger partial charge in [-0.25, -0.2) is 0 Å². The van der Waals surface area contributed by atoms with E-state index in [4.69, 9.17) is 6.58 Å². The summed E-state index contributed by atoms with van der Waals surface area (Å²) >= 11 is 0. The molecule has 14 rings (SSSR count). The first-order valence-electron chi connectivity index (χ1n) is 25.0. The Morgan fingerprint density at radius 2 is 0.958 bits per heavy atom. The van der Waals surface area contributed by atoms with Crippen LogP contribution >= 0.6 is 0 Å². The Morgan fingerprint density at radius 1 is 0.403 bits per heavy atom. The van der Waals surface area contributed by atoms with E-state index in [9.17, 15) is 0 Å². The summed E-state index contributed by atoms with van der Waals surface area (Å²) in [5.74, 6) is 0. The lowest BCUT2D eigenvalue weighted by atomic mass is 9.66. The second-order valence-corrected chi connectivity index (χ2v) is 19.2. The van der Waals surface area contributed by atoms with Crippen LogP contribution < -0.4 is 9.80 Å². The van der Waals surface area contributed by atoms with E-state index < -0.39 is 5.41 Å². The third-order valence-electron chi connectivity index (χ3n) is 15.4. The zero-order chi connectivity index (χ0) is 47.8. The van der Waals surface area contributed by atoms with Gasteiger partial charge in [0.05, 0.1) is 22.5 Å². The highest BCUT2D eigenvalue weighted by Gasteiger charge is 2.47. The molecule has 0 N–H and O–H groups in total. The lowest BCUT2D eigenvalue weighted by molar-refractivity contribution is 0.652. The number of nitrogens with zero attached hydrogens (tertiary/aromatic N) is 2. The molecular formula is C70H48N2. The normalized spacial score (nSPS) is 16.0. The zero-order valence-corrected chi connectivity index (χ0v) is 39.7. The molecule has 1 unspecified atom stereocenters. The largest absolute Gasteiger partial charge is 0.308 e.